The highest BCUT2D eigenvalue weighted by Crippen LogP contribution is 2.26. The van der Waals surface area contributed by atoms with Crippen LogP contribution in [-0.4, -0.2) is 4.98 Å². The van der Waals surface area contributed by atoms with Crippen LogP contribution in [0, 0.1) is 12.7 Å². The quantitative estimate of drug-likeness (QED) is 0.744. The standard InChI is InChI=1S/C14H16FNO/c1-8-5-12(17)10-6-9(14(2,3)4)7-11(15)13(10)16-8/h5-7H,1-4H3,(H,16,17). The Hall–Kier alpha value is -1.64. The van der Waals surface area contributed by atoms with Gasteiger partial charge >= 0.3 is 0 Å². The van der Waals surface area contributed by atoms with Crippen molar-refractivity contribution in [1.82, 2.24) is 4.98 Å². The predicted molar refractivity (Wildman–Crippen MR) is 68.0 cm³/mol. The fraction of sp³-hybridized carbons (Fsp3) is 0.357. The predicted octanol–water partition coefficient (Wildman–Crippen LogP) is 3.27. The van der Waals surface area contributed by atoms with Crippen molar-refractivity contribution in [2.45, 2.75) is 33.1 Å². The molecule has 2 rings (SSSR count). The highest BCUT2D eigenvalue weighted by Gasteiger charge is 2.17. The minimum atomic E-state index is -0.367. The van der Waals surface area contributed by atoms with E-state index in [0.29, 0.717) is 16.6 Å². The number of pyridine rings is 1. The summed E-state index contributed by atoms with van der Waals surface area (Å²) in [5.41, 5.74) is 1.48. The van der Waals surface area contributed by atoms with Gasteiger partial charge in [-0.25, -0.2) is 4.39 Å². The number of hydrogen-bond donors (Lipinski definition) is 1. The van der Waals surface area contributed by atoms with Gasteiger partial charge in [-0.15, -0.1) is 0 Å². The van der Waals surface area contributed by atoms with Crippen LogP contribution in [0.25, 0.3) is 10.9 Å². The number of benzene rings is 1. The molecule has 1 aromatic heterocycles. The van der Waals surface area contributed by atoms with Crippen LogP contribution in [0.5, 0.6) is 0 Å². The molecule has 0 unspecified atom stereocenters. The smallest absolute Gasteiger partial charge is 0.189 e. The van der Waals surface area contributed by atoms with Crippen LogP contribution in [-0.2, 0) is 5.41 Å². The lowest BCUT2D eigenvalue weighted by molar-refractivity contribution is 0.576. The summed E-state index contributed by atoms with van der Waals surface area (Å²) in [5, 5.41) is 0.417. The number of aryl methyl sites for hydroxylation is 1. The maximum Gasteiger partial charge on any atom is 0.189 e. The summed E-state index contributed by atoms with van der Waals surface area (Å²) in [6.07, 6.45) is 0. The van der Waals surface area contributed by atoms with E-state index in [0.717, 1.165) is 5.56 Å². The Morgan fingerprint density at radius 1 is 1.18 bits per heavy atom. The molecule has 2 aromatic rings. The second-order valence-corrected chi connectivity index (χ2v) is 5.45. The van der Waals surface area contributed by atoms with Crippen LogP contribution < -0.4 is 5.43 Å². The van der Waals surface area contributed by atoms with Crippen molar-refractivity contribution >= 4 is 10.9 Å². The summed E-state index contributed by atoms with van der Waals surface area (Å²) in [6.45, 7) is 7.74. The first-order valence-electron chi connectivity index (χ1n) is 5.63. The zero-order chi connectivity index (χ0) is 12.8. The molecule has 17 heavy (non-hydrogen) atoms. The third-order valence-corrected chi connectivity index (χ3v) is 2.89. The van der Waals surface area contributed by atoms with Crippen molar-refractivity contribution in [2.24, 2.45) is 0 Å². The van der Waals surface area contributed by atoms with Crippen LogP contribution in [0.4, 0.5) is 4.39 Å². The monoisotopic (exact) mass is 233 g/mol. The zero-order valence-electron chi connectivity index (χ0n) is 10.5. The minimum Gasteiger partial charge on any atom is -0.356 e. The third-order valence-electron chi connectivity index (χ3n) is 2.89. The van der Waals surface area contributed by atoms with Crippen molar-refractivity contribution in [1.29, 1.82) is 0 Å². The number of fused-ring (bicyclic) bond motifs is 1. The van der Waals surface area contributed by atoms with Gasteiger partial charge in [0, 0.05) is 17.1 Å². The summed E-state index contributed by atoms with van der Waals surface area (Å²) < 4.78 is 14.0. The van der Waals surface area contributed by atoms with E-state index in [1.807, 2.05) is 20.8 Å². The Morgan fingerprint density at radius 3 is 2.41 bits per heavy atom. The van der Waals surface area contributed by atoms with Gasteiger partial charge < -0.3 is 4.98 Å². The van der Waals surface area contributed by atoms with E-state index in [1.165, 1.54) is 12.1 Å². The fourth-order valence-electron chi connectivity index (χ4n) is 1.87. The molecule has 90 valence electrons. The molecular formula is C14H16FNO. The topological polar surface area (TPSA) is 32.9 Å². The largest absolute Gasteiger partial charge is 0.356 e. The molecule has 0 aliphatic rings. The van der Waals surface area contributed by atoms with Crippen molar-refractivity contribution in [3.63, 3.8) is 0 Å². The molecule has 2 nitrogen and oxygen atoms in total. The molecule has 0 saturated carbocycles. The van der Waals surface area contributed by atoms with Gasteiger partial charge in [0.15, 0.2) is 5.43 Å². The number of nitrogens with one attached hydrogen (secondary N) is 1. The average Bonchev–Trinajstić information content (AvgIpc) is 2.17. The molecule has 1 N–H and O–H groups in total. The van der Waals surface area contributed by atoms with Gasteiger partial charge in [0.1, 0.15) is 5.82 Å². The molecular weight excluding hydrogens is 217 g/mol. The SMILES string of the molecule is Cc1cc(=O)c2cc(C(C)(C)C)cc(F)c2[nH]1. The molecule has 0 aliphatic carbocycles. The Morgan fingerprint density at radius 2 is 1.82 bits per heavy atom. The number of aromatic nitrogens is 1. The van der Waals surface area contributed by atoms with E-state index >= 15 is 0 Å². The number of rotatable bonds is 0. The zero-order valence-corrected chi connectivity index (χ0v) is 10.5. The van der Waals surface area contributed by atoms with Gasteiger partial charge in [0.05, 0.1) is 5.52 Å². The number of aromatic amines is 1. The molecule has 0 amide bonds. The van der Waals surface area contributed by atoms with Crippen LogP contribution in [0.1, 0.15) is 32.0 Å². The summed E-state index contributed by atoms with van der Waals surface area (Å²) in [4.78, 5) is 14.7. The highest BCUT2D eigenvalue weighted by atomic mass is 19.1. The molecule has 0 spiro atoms. The second kappa shape index (κ2) is 3.69. The maximum absolute atomic E-state index is 14.0. The molecule has 0 radical (unpaired) electrons. The van der Waals surface area contributed by atoms with Crippen LogP contribution in [0.3, 0.4) is 0 Å². The molecule has 0 aliphatic heterocycles. The molecule has 0 atom stereocenters. The summed E-state index contributed by atoms with van der Waals surface area (Å²) in [7, 11) is 0. The summed E-state index contributed by atoms with van der Waals surface area (Å²) >= 11 is 0. The van der Waals surface area contributed by atoms with E-state index in [4.69, 9.17) is 0 Å². The normalized spacial score (nSPS) is 12.1. The van der Waals surface area contributed by atoms with Crippen molar-refractivity contribution < 1.29 is 4.39 Å². The number of H-pyrrole nitrogens is 1. The first-order valence-corrected chi connectivity index (χ1v) is 5.63. The Balaban J connectivity index is 2.88. The van der Waals surface area contributed by atoms with Crippen LogP contribution in [0.15, 0.2) is 23.0 Å². The number of halogens is 1. The highest BCUT2D eigenvalue weighted by molar-refractivity contribution is 5.80. The van der Waals surface area contributed by atoms with Gasteiger partial charge in [-0.3, -0.25) is 4.79 Å². The lowest BCUT2D eigenvalue weighted by Gasteiger charge is -2.19. The van der Waals surface area contributed by atoms with Crippen molar-refractivity contribution in [3.05, 3.63) is 45.5 Å². The van der Waals surface area contributed by atoms with E-state index in [2.05, 4.69) is 4.98 Å². The van der Waals surface area contributed by atoms with Gasteiger partial charge in [-0.2, -0.15) is 0 Å². The molecule has 0 fully saturated rings. The van der Waals surface area contributed by atoms with Crippen LogP contribution >= 0.6 is 0 Å². The Labute approximate surface area is 99.5 Å². The van der Waals surface area contributed by atoms with Crippen molar-refractivity contribution in [3.8, 4) is 0 Å². The fourth-order valence-corrected chi connectivity index (χ4v) is 1.87. The lowest BCUT2D eigenvalue weighted by Crippen LogP contribution is -2.13. The first kappa shape index (κ1) is 11.8. The van der Waals surface area contributed by atoms with E-state index < -0.39 is 0 Å². The molecule has 0 saturated heterocycles. The Kier molecular flexibility index (Phi) is 2.57. The van der Waals surface area contributed by atoms with Gasteiger partial charge in [0.25, 0.3) is 0 Å². The van der Waals surface area contributed by atoms with Crippen LogP contribution in [0.2, 0.25) is 0 Å². The summed E-state index contributed by atoms with van der Waals surface area (Å²) in [5.74, 6) is -0.367. The lowest BCUT2D eigenvalue weighted by atomic mass is 9.86. The van der Waals surface area contributed by atoms with Crippen molar-refractivity contribution in [2.75, 3.05) is 0 Å². The average molecular weight is 233 g/mol. The van der Waals surface area contributed by atoms with E-state index in [9.17, 15) is 9.18 Å². The molecule has 1 heterocycles. The summed E-state index contributed by atoms with van der Waals surface area (Å²) in [6, 6.07) is 4.77. The first-order chi connectivity index (χ1) is 7.79. The number of hydrogen-bond acceptors (Lipinski definition) is 1. The van der Waals surface area contributed by atoms with E-state index in [-0.39, 0.29) is 16.7 Å². The van der Waals surface area contributed by atoms with Gasteiger partial charge in [-0.05, 0) is 30.0 Å². The van der Waals surface area contributed by atoms with Gasteiger partial charge in [-0.1, -0.05) is 20.8 Å². The minimum absolute atomic E-state index is 0.138. The Bertz CT molecular complexity index is 635. The second-order valence-electron chi connectivity index (χ2n) is 5.45. The molecule has 3 heteroatoms. The van der Waals surface area contributed by atoms with Gasteiger partial charge in [0.2, 0.25) is 0 Å². The maximum atomic E-state index is 14.0. The third kappa shape index (κ3) is 2.09. The molecule has 1 aromatic carbocycles. The van der Waals surface area contributed by atoms with E-state index in [1.54, 1.807) is 13.0 Å². The molecule has 0 bridgehead atoms.